The van der Waals surface area contributed by atoms with Crippen molar-refractivity contribution in [1.29, 1.82) is 0 Å². The molecular formula is C16H19N5O. The quantitative estimate of drug-likeness (QED) is 0.943. The van der Waals surface area contributed by atoms with Crippen LogP contribution in [0.2, 0.25) is 0 Å². The highest BCUT2D eigenvalue weighted by Gasteiger charge is 2.42. The zero-order valence-corrected chi connectivity index (χ0v) is 12.6. The van der Waals surface area contributed by atoms with Gasteiger partial charge >= 0.3 is 0 Å². The van der Waals surface area contributed by atoms with E-state index < -0.39 is 0 Å². The Kier molecular flexibility index (Phi) is 3.17. The SMILES string of the molecule is Cn1nnnc1-c1cccc(NC(=O)[C@H]2C[C@H]3CC[C@H]2C3)c1. The van der Waals surface area contributed by atoms with Crippen molar-refractivity contribution in [2.45, 2.75) is 25.7 Å². The van der Waals surface area contributed by atoms with Crippen molar-refractivity contribution in [2.75, 3.05) is 5.32 Å². The third-order valence-electron chi connectivity index (χ3n) is 5.08. The highest BCUT2D eigenvalue weighted by molar-refractivity contribution is 5.93. The molecule has 2 fully saturated rings. The standard InChI is InChI=1S/C16H19N5O/c1-21-15(18-19-20-21)12-3-2-4-13(9-12)17-16(22)14-8-10-5-6-11(14)7-10/h2-4,9-11,14H,5-8H2,1H3,(H,17,22)/t10-,11-,14-/m0/s1. The summed E-state index contributed by atoms with van der Waals surface area (Å²) in [6.07, 6.45) is 4.82. The summed E-state index contributed by atoms with van der Waals surface area (Å²) >= 11 is 0. The number of aryl methyl sites for hydroxylation is 1. The summed E-state index contributed by atoms with van der Waals surface area (Å²) in [5.41, 5.74) is 1.71. The van der Waals surface area contributed by atoms with Crippen LogP contribution in [-0.4, -0.2) is 26.1 Å². The predicted octanol–water partition coefficient (Wildman–Crippen LogP) is 2.25. The van der Waals surface area contributed by atoms with Crippen LogP contribution < -0.4 is 5.32 Å². The van der Waals surface area contributed by atoms with E-state index >= 15 is 0 Å². The molecule has 1 amide bonds. The largest absolute Gasteiger partial charge is 0.326 e. The van der Waals surface area contributed by atoms with E-state index in [1.165, 1.54) is 19.3 Å². The van der Waals surface area contributed by atoms with Crippen LogP contribution in [0.4, 0.5) is 5.69 Å². The summed E-state index contributed by atoms with van der Waals surface area (Å²) in [7, 11) is 1.80. The Morgan fingerprint density at radius 2 is 2.23 bits per heavy atom. The van der Waals surface area contributed by atoms with Gasteiger partial charge < -0.3 is 5.32 Å². The van der Waals surface area contributed by atoms with Gasteiger partial charge in [-0.05, 0) is 53.7 Å². The van der Waals surface area contributed by atoms with E-state index in [-0.39, 0.29) is 11.8 Å². The van der Waals surface area contributed by atoms with Crippen LogP contribution in [-0.2, 0) is 11.8 Å². The monoisotopic (exact) mass is 297 g/mol. The summed E-state index contributed by atoms with van der Waals surface area (Å²) in [6, 6.07) is 7.70. The number of carbonyl (C=O) groups excluding carboxylic acids is 1. The Morgan fingerprint density at radius 1 is 1.32 bits per heavy atom. The van der Waals surface area contributed by atoms with Gasteiger partial charge in [-0.15, -0.1) is 5.10 Å². The minimum atomic E-state index is 0.167. The molecule has 1 aromatic carbocycles. The zero-order chi connectivity index (χ0) is 15.1. The third kappa shape index (κ3) is 2.28. The van der Waals surface area contributed by atoms with Crippen molar-refractivity contribution in [2.24, 2.45) is 24.8 Å². The van der Waals surface area contributed by atoms with Gasteiger partial charge in [-0.2, -0.15) is 0 Å². The van der Waals surface area contributed by atoms with Crippen molar-refractivity contribution in [1.82, 2.24) is 20.2 Å². The van der Waals surface area contributed by atoms with Crippen molar-refractivity contribution < 1.29 is 4.79 Å². The minimum Gasteiger partial charge on any atom is -0.326 e. The predicted molar refractivity (Wildman–Crippen MR) is 81.8 cm³/mol. The molecule has 2 bridgehead atoms. The van der Waals surface area contributed by atoms with E-state index in [1.54, 1.807) is 11.7 Å². The maximum atomic E-state index is 12.5. The maximum Gasteiger partial charge on any atom is 0.227 e. The van der Waals surface area contributed by atoms with Gasteiger partial charge in [0.2, 0.25) is 5.91 Å². The Labute approximate surface area is 128 Å². The zero-order valence-electron chi connectivity index (χ0n) is 12.6. The van der Waals surface area contributed by atoms with Crippen molar-refractivity contribution in [3.05, 3.63) is 24.3 Å². The number of nitrogens with zero attached hydrogens (tertiary/aromatic N) is 4. The molecule has 6 nitrogen and oxygen atoms in total. The summed E-state index contributed by atoms with van der Waals surface area (Å²) in [6.45, 7) is 0. The highest BCUT2D eigenvalue weighted by Crippen LogP contribution is 2.48. The average Bonchev–Trinajstić information content (AvgIpc) is 3.23. The number of hydrogen-bond donors (Lipinski definition) is 1. The summed E-state index contributed by atoms with van der Waals surface area (Å²) < 4.78 is 1.62. The lowest BCUT2D eigenvalue weighted by molar-refractivity contribution is -0.121. The molecule has 0 radical (unpaired) electrons. The van der Waals surface area contributed by atoms with Crippen LogP contribution in [0.25, 0.3) is 11.4 Å². The van der Waals surface area contributed by atoms with Gasteiger partial charge in [0.1, 0.15) is 0 Å². The van der Waals surface area contributed by atoms with E-state index in [1.807, 2.05) is 24.3 Å². The van der Waals surface area contributed by atoms with Crippen LogP contribution >= 0.6 is 0 Å². The van der Waals surface area contributed by atoms with Crippen molar-refractivity contribution >= 4 is 11.6 Å². The van der Waals surface area contributed by atoms with Crippen LogP contribution in [0.1, 0.15) is 25.7 Å². The normalized spacial score (nSPS) is 26.3. The van der Waals surface area contributed by atoms with Gasteiger partial charge in [0.15, 0.2) is 5.82 Å². The molecule has 0 saturated heterocycles. The van der Waals surface area contributed by atoms with Crippen molar-refractivity contribution in [3.63, 3.8) is 0 Å². The van der Waals surface area contributed by atoms with Gasteiger partial charge in [0, 0.05) is 24.2 Å². The topological polar surface area (TPSA) is 72.7 Å². The number of hydrogen-bond acceptors (Lipinski definition) is 4. The maximum absolute atomic E-state index is 12.5. The Bertz CT molecular complexity index is 710. The number of benzene rings is 1. The van der Waals surface area contributed by atoms with Gasteiger partial charge in [0.25, 0.3) is 0 Å². The smallest absolute Gasteiger partial charge is 0.227 e. The van der Waals surface area contributed by atoms with Gasteiger partial charge in [0.05, 0.1) is 0 Å². The molecule has 2 aliphatic rings. The first kappa shape index (κ1) is 13.4. The lowest BCUT2D eigenvalue weighted by atomic mass is 9.88. The van der Waals surface area contributed by atoms with Crippen LogP contribution in [0.5, 0.6) is 0 Å². The first-order valence-corrected chi connectivity index (χ1v) is 7.84. The number of fused-ring (bicyclic) bond motifs is 2. The minimum absolute atomic E-state index is 0.167. The number of aromatic nitrogens is 4. The first-order chi connectivity index (χ1) is 10.7. The lowest BCUT2D eigenvalue weighted by Gasteiger charge is -2.20. The number of rotatable bonds is 3. The molecule has 1 N–H and O–H groups in total. The number of tetrazole rings is 1. The summed E-state index contributed by atoms with van der Waals surface area (Å²) in [5, 5.41) is 14.6. The molecule has 3 atom stereocenters. The number of anilines is 1. The fraction of sp³-hybridized carbons (Fsp3) is 0.500. The molecule has 0 spiro atoms. The van der Waals surface area contributed by atoms with Gasteiger partial charge in [-0.3, -0.25) is 4.79 Å². The van der Waals surface area contributed by atoms with Crippen LogP contribution in [0.15, 0.2) is 24.3 Å². The Morgan fingerprint density at radius 3 is 2.91 bits per heavy atom. The molecule has 2 aliphatic carbocycles. The number of nitrogens with one attached hydrogen (secondary N) is 1. The fourth-order valence-corrected chi connectivity index (χ4v) is 4.01. The summed E-state index contributed by atoms with van der Waals surface area (Å²) in [5.74, 6) is 2.42. The second kappa shape index (κ2) is 5.19. The molecule has 0 unspecified atom stereocenters. The average molecular weight is 297 g/mol. The Hall–Kier alpha value is -2.24. The van der Waals surface area contributed by atoms with E-state index in [4.69, 9.17) is 0 Å². The van der Waals surface area contributed by atoms with Crippen molar-refractivity contribution in [3.8, 4) is 11.4 Å². The highest BCUT2D eigenvalue weighted by atomic mass is 16.1. The molecule has 1 heterocycles. The second-order valence-corrected chi connectivity index (χ2v) is 6.48. The molecule has 22 heavy (non-hydrogen) atoms. The van der Waals surface area contributed by atoms with E-state index in [9.17, 15) is 4.79 Å². The number of amides is 1. The molecule has 0 aliphatic heterocycles. The van der Waals surface area contributed by atoms with Gasteiger partial charge in [-0.1, -0.05) is 18.6 Å². The molecule has 1 aromatic heterocycles. The fourth-order valence-electron chi connectivity index (χ4n) is 4.01. The summed E-state index contributed by atoms with van der Waals surface area (Å²) in [4.78, 5) is 12.5. The van der Waals surface area contributed by atoms with E-state index in [0.29, 0.717) is 11.7 Å². The van der Waals surface area contributed by atoms with Crippen LogP contribution in [0, 0.1) is 17.8 Å². The van der Waals surface area contributed by atoms with Crippen LogP contribution in [0.3, 0.4) is 0 Å². The first-order valence-electron chi connectivity index (χ1n) is 7.84. The molecule has 4 rings (SSSR count). The molecular weight excluding hydrogens is 278 g/mol. The van der Waals surface area contributed by atoms with E-state index in [0.717, 1.165) is 23.6 Å². The Balaban J connectivity index is 1.51. The van der Waals surface area contributed by atoms with E-state index in [2.05, 4.69) is 20.8 Å². The molecule has 6 heteroatoms. The third-order valence-corrected chi connectivity index (χ3v) is 5.08. The molecule has 2 aromatic rings. The second-order valence-electron chi connectivity index (χ2n) is 6.48. The van der Waals surface area contributed by atoms with Gasteiger partial charge in [-0.25, -0.2) is 4.68 Å². The lowest BCUT2D eigenvalue weighted by Crippen LogP contribution is -2.27. The molecule has 114 valence electrons. The molecule has 2 saturated carbocycles. The number of carbonyl (C=O) groups is 1.